The number of urea groups is 1. The monoisotopic (exact) mass is 456 g/mol. The summed E-state index contributed by atoms with van der Waals surface area (Å²) in [7, 11) is -3.68. The van der Waals surface area contributed by atoms with Gasteiger partial charge in [-0.2, -0.15) is 0 Å². The maximum Gasteiger partial charge on any atom is 0.332 e. The third-order valence-electron chi connectivity index (χ3n) is 7.59. The van der Waals surface area contributed by atoms with Crippen LogP contribution in [0.15, 0.2) is 6.07 Å². The van der Waals surface area contributed by atoms with Crippen molar-refractivity contribution in [3.8, 4) is 0 Å². The molecule has 3 atom stereocenters. The van der Waals surface area contributed by atoms with Gasteiger partial charge in [0.15, 0.2) is 0 Å². The van der Waals surface area contributed by atoms with Gasteiger partial charge in [0, 0.05) is 69.2 Å². The van der Waals surface area contributed by atoms with Gasteiger partial charge in [0.2, 0.25) is 10.0 Å². The quantitative estimate of drug-likeness (QED) is 0.683. The first-order valence-corrected chi connectivity index (χ1v) is 12.8. The zero-order chi connectivity index (χ0) is 20.2. The molecule has 1 unspecified atom stereocenters. The van der Waals surface area contributed by atoms with Gasteiger partial charge in [-0.15, -0.1) is 0 Å². The van der Waals surface area contributed by atoms with E-state index in [1.165, 1.54) is 22.3 Å². The molecule has 1 aromatic carbocycles. The normalized spacial score (nSPS) is 27.3. The van der Waals surface area contributed by atoms with Crippen molar-refractivity contribution < 1.29 is 13.2 Å². The summed E-state index contributed by atoms with van der Waals surface area (Å²) in [5.74, 6) is 0. The van der Waals surface area contributed by atoms with Gasteiger partial charge in [-0.1, -0.05) is 13.0 Å². The van der Waals surface area contributed by atoms with E-state index in [4.69, 9.17) is 0 Å². The summed E-state index contributed by atoms with van der Waals surface area (Å²) in [5.41, 5.74) is 5.97. The molecule has 2 aliphatic carbocycles. The zero-order valence-corrected chi connectivity index (χ0v) is 22.1. The summed E-state index contributed by atoms with van der Waals surface area (Å²) in [5, 5.41) is 2.48. The molecule has 2 amide bonds. The van der Waals surface area contributed by atoms with Crippen LogP contribution in [0.25, 0.3) is 0 Å². The maximum absolute atomic E-state index is 13.0. The first kappa shape index (κ1) is 23.2. The number of rotatable bonds is 4. The Morgan fingerprint density at radius 1 is 1.03 bits per heavy atom. The summed E-state index contributed by atoms with van der Waals surface area (Å²) in [6.45, 7) is 3.11. The van der Waals surface area contributed by atoms with E-state index >= 15 is 0 Å². The van der Waals surface area contributed by atoms with Crippen LogP contribution in [0.4, 0.5) is 10.5 Å². The predicted octanol–water partition coefficient (Wildman–Crippen LogP) is 2.75. The molecule has 0 saturated carbocycles. The third-order valence-corrected chi connectivity index (χ3v) is 9.32. The fourth-order valence-electron chi connectivity index (χ4n) is 6.31. The number of piperidine rings is 1. The second-order valence-electron chi connectivity index (χ2n) is 9.14. The molecule has 159 valence electrons. The number of hydrogen-bond donors (Lipinski definition) is 2. The topological polar surface area (TPSA) is 78.5 Å². The number of carbonyl (C=O) groups is 1. The predicted molar refractivity (Wildman–Crippen MR) is 120 cm³/mol. The number of fused-ring (bicyclic) bond motifs is 4. The molecule has 1 radical (unpaired) electrons. The van der Waals surface area contributed by atoms with Crippen LogP contribution in [-0.4, -0.2) is 94.6 Å². The zero-order valence-electron chi connectivity index (χ0n) is 18.2. The fraction of sp³-hybridized carbons (Fsp3) is 0.682. The number of amides is 2. The van der Waals surface area contributed by atoms with Crippen molar-refractivity contribution in [1.82, 2.24) is 9.62 Å². The Bertz CT molecular complexity index is 903. The number of anilines is 1. The summed E-state index contributed by atoms with van der Waals surface area (Å²) >= 11 is 0. The SMILES string of the molecule is CCN1[C@@H]2CC[C@H]1CC(S(=O)(=O)NC(=O)Nc1c3c(cc4c1CCC4)CCC3)C2.[K]. The van der Waals surface area contributed by atoms with Gasteiger partial charge in [-0.25, -0.2) is 17.9 Å². The van der Waals surface area contributed by atoms with E-state index in [9.17, 15) is 13.2 Å². The number of carbonyl (C=O) groups excluding carboxylic acids is 1. The molecule has 2 saturated heterocycles. The molecule has 5 rings (SSSR count). The van der Waals surface area contributed by atoms with Crippen molar-refractivity contribution in [2.45, 2.75) is 88.5 Å². The number of sulfonamides is 1. The van der Waals surface area contributed by atoms with Gasteiger partial charge in [0.1, 0.15) is 0 Å². The molecule has 2 aliphatic heterocycles. The largest absolute Gasteiger partial charge is 0.332 e. The van der Waals surface area contributed by atoms with Crippen LogP contribution in [0.2, 0.25) is 0 Å². The molecule has 2 fully saturated rings. The Kier molecular flexibility index (Phi) is 7.05. The molecule has 2 N–H and O–H groups in total. The van der Waals surface area contributed by atoms with Gasteiger partial charge in [0.25, 0.3) is 0 Å². The molecular formula is C22H31KN3O3S. The van der Waals surface area contributed by atoms with Crippen LogP contribution in [0.3, 0.4) is 0 Å². The minimum atomic E-state index is -3.68. The van der Waals surface area contributed by atoms with Crippen LogP contribution < -0.4 is 10.0 Å². The maximum atomic E-state index is 13.0. The van der Waals surface area contributed by atoms with Crippen molar-refractivity contribution >= 4 is 73.1 Å². The van der Waals surface area contributed by atoms with Gasteiger partial charge >= 0.3 is 6.03 Å². The summed E-state index contributed by atoms with van der Waals surface area (Å²) in [4.78, 5) is 15.2. The van der Waals surface area contributed by atoms with Crippen molar-refractivity contribution in [3.05, 3.63) is 28.3 Å². The third kappa shape index (κ3) is 4.18. The molecule has 2 bridgehead atoms. The number of nitrogens with zero attached hydrogens (tertiary/aromatic N) is 1. The van der Waals surface area contributed by atoms with Crippen LogP contribution in [0, 0.1) is 0 Å². The molecule has 0 spiro atoms. The van der Waals surface area contributed by atoms with Crippen LogP contribution >= 0.6 is 0 Å². The number of hydrogen-bond acceptors (Lipinski definition) is 4. The van der Waals surface area contributed by atoms with E-state index in [-0.39, 0.29) is 51.4 Å². The number of benzene rings is 1. The van der Waals surface area contributed by atoms with Gasteiger partial charge < -0.3 is 5.32 Å². The average Bonchev–Trinajstić information content (AvgIpc) is 3.38. The van der Waals surface area contributed by atoms with Gasteiger partial charge in [0.05, 0.1) is 5.25 Å². The minimum absolute atomic E-state index is 0. The van der Waals surface area contributed by atoms with E-state index in [0.717, 1.165) is 63.6 Å². The van der Waals surface area contributed by atoms with Gasteiger partial charge in [-0.05, 0) is 93.0 Å². The van der Waals surface area contributed by atoms with Crippen LogP contribution in [0.5, 0.6) is 0 Å². The Morgan fingerprint density at radius 3 is 2.13 bits per heavy atom. The van der Waals surface area contributed by atoms with E-state index < -0.39 is 21.3 Å². The molecule has 4 aliphatic rings. The Balaban J connectivity index is 0.00000218. The molecule has 30 heavy (non-hydrogen) atoms. The standard InChI is InChI=1S/C22H31N3O3S.K/c1-2-25-16-9-10-17(25)13-18(12-16)29(27,28)24-22(26)23-21-19-7-3-5-14(19)11-15-6-4-8-20(15)21;/h11,16-18H,2-10,12-13H2,1H3,(H2,23,24,26);/t16-,17+,18?;. The molecule has 0 aromatic heterocycles. The van der Waals surface area contributed by atoms with E-state index in [1.807, 2.05) is 0 Å². The fourth-order valence-corrected chi connectivity index (χ4v) is 7.74. The minimum Gasteiger partial charge on any atom is -0.307 e. The number of aryl methyl sites for hydroxylation is 2. The second kappa shape index (κ2) is 9.12. The first-order chi connectivity index (χ1) is 14.0. The Labute approximate surface area is 222 Å². The number of nitrogens with one attached hydrogen (secondary N) is 2. The Hall–Kier alpha value is 0.0364. The van der Waals surface area contributed by atoms with Crippen molar-refractivity contribution in [2.24, 2.45) is 0 Å². The molecule has 6 nitrogen and oxygen atoms in total. The van der Waals surface area contributed by atoms with Crippen molar-refractivity contribution in [2.75, 3.05) is 11.9 Å². The van der Waals surface area contributed by atoms with E-state index in [0.29, 0.717) is 24.9 Å². The van der Waals surface area contributed by atoms with Crippen molar-refractivity contribution in [3.63, 3.8) is 0 Å². The summed E-state index contributed by atoms with van der Waals surface area (Å²) in [6, 6.07) is 2.39. The smallest absolute Gasteiger partial charge is 0.307 e. The van der Waals surface area contributed by atoms with Crippen LogP contribution in [0.1, 0.15) is 67.7 Å². The molecule has 2 heterocycles. The van der Waals surface area contributed by atoms with Crippen molar-refractivity contribution in [1.29, 1.82) is 0 Å². The average molecular weight is 457 g/mol. The van der Waals surface area contributed by atoms with E-state index in [2.05, 4.69) is 27.9 Å². The Morgan fingerprint density at radius 2 is 1.60 bits per heavy atom. The summed E-state index contributed by atoms with van der Waals surface area (Å²) < 4.78 is 28.3. The molecule has 1 aromatic rings. The van der Waals surface area contributed by atoms with E-state index in [1.54, 1.807) is 0 Å². The van der Waals surface area contributed by atoms with Gasteiger partial charge in [-0.3, -0.25) is 4.90 Å². The summed E-state index contributed by atoms with van der Waals surface area (Å²) in [6.07, 6.45) is 9.63. The molecular weight excluding hydrogens is 425 g/mol. The first-order valence-electron chi connectivity index (χ1n) is 11.2. The van der Waals surface area contributed by atoms with Crippen LogP contribution in [-0.2, 0) is 35.7 Å². The second-order valence-corrected chi connectivity index (χ2v) is 11.1. The molecule has 8 heteroatoms.